The fraction of sp³-hybridized carbons (Fsp3) is 0.214. The zero-order chi connectivity index (χ0) is 13.9. The van der Waals surface area contributed by atoms with Crippen molar-refractivity contribution in [3.05, 3.63) is 54.0 Å². The second-order valence-electron chi connectivity index (χ2n) is 4.52. The fourth-order valence-corrected chi connectivity index (χ4v) is 1.65. The van der Waals surface area contributed by atoms with Gasteiger partial charge in [-0.15, -0.1) is 0 Å². The van der Waals surface area contributed by atoms with Crippen LogP contribution in [-0.2, 0) is 5.60 Å². The molecule has 0 fully saturated rings. The molecule has 98 valence electrons. The fourth-order valence-electron chi connectivity index (χ4n) is 1.65. The average molecular weight is 258 g/mol. The summed E-state index contributed by atoms with van der Waals surface area (Å²) < 4.78 is 5.75. The summed E-state index contributed by atoms with van der Waals surface area (Å²) in [7, 11) is 0. The van der Waals surface area contributed by atoms with Gasteiger partial charge in [-0.25, -0.2) is 9.78 Å². The monoisotopic (exact) mass is 258 g/mol. The van der Waals surface area contributed by atoms with Gasteiger partial charge in [0, 0.05) is 24.2 Å². The number of carboxylic acids is 1. The summed E-state index contributed by atoms with van der Waals surface area (Å²) in [6.45, 7) is 3.68. The first-order valence-electron chi connectivity index (χ1n) is 5.78. The van der Waals surface area contributed by atoms with Crippen molar-refractivity contribution in [2.45, 2.75) is 19.4 Å². The number of carboxylic acid groups (broad SMARTS) is 1. The standard InChI is InChI=1S/C14H14N2O3/c1-14(2,10-5-3-7-15-9-10)19-12-11(13(17)18)6-4-8-16-12/h3-9H,1-2H3,(H,17,18). The molecule has 0 aliphatic rings. The third-order valence-corrected chi connectivity index (χ3v) is 2.71. The van der Waals surface area contributed by atoms with E-state index in [-0.39, 0.29) is 11.4 Å². The third kappa shape index (κ3) is 2.88. The molecule has 2 heterocycles. The molecule has 2 rings (SSSR count). The first kappa shape index (κ1) is 13.0. The van der Waals surface area contributed by atoms with Crippen LogP contribution in [0, 0.1) is 0 Å². The van der Waals surface area contributed by atoms with E-state index in [2.05, 4.69) is 9.97 Å². The second kappa shape index (κ2) is 5.06. The van der Waals surface area contributed by atoms with E-state index < -0.39 is 11.6 Å². The highest BCUT2D eigenvalue weighted by molar-refractivity contribution is 5.90. The lowest BCUT2D eigenvalue weighted by Crippen LogP contribution is -2.26. The van der Waals surface area contributed by atoms with Crippen LogP contribution in [0.25, 0.3) is 0 Å². The van der Waals surface area contributed by atoms with Crippen LogP contribution in [-0.4, -0.2) is 21.0 Å². The van der Waals surface area contributed by atoms with Gasteiger partial charge in [-0.05, 0) is 32.0 Å². The van der Waals surface area contributed by atoms with Gasteiger partial charge in [0.1, 0.15) is 11.2 Å². The Kier molecular flexibility index (Phi) is 3.46. The molecule has 0 amide bonds. The van der Waals surface area contributed by atoms with E-state index in [1.807, 2.05) is 19.9 Å². The van der Waals surface area contributed by atoms with Gasteiger partial charge in [0.25, 0.3) is 0 Å². The van der Waals surface area contributed by atoms with Gasteiger partial charge in [-0.1, -0.05) is 6.07 Å². The lowest BCUT2D eigenvalue weighted by Gasteiger charge is -2.26. The predicted octanol–water partition coefficient (Wildman–Crippen LogP) is 2.49. The minimum atomic E-state index is -1.06. The van der Waals surface area contributed by atoms with Gasteiger partial charge in [0.2, 0.25) is 5.88 Å². The number of rotatable bonds is 4. The summed E-state index contributed by atoms with van der Waals surface area (Å²) in [6.07, 6.45) is 4.85. The maximum absolute atomic E-state index is 11.1. The first-order chi connectivity index (χ1) is 9.00. The Morgan fingerprint density at radius 3 is 2.63 bits per heavy atom. The van der Waals surface area contributed by atoms with E-state index in [9.17, 15) is 4.79 Å². The molecular formula is C14H14N2O3. The largest absolute Gasteiger partial charge is 0.477 e. The van der Waals surface area contributed by atoms with Crippen LogP contribution in [0.2, 0.25) is 0 Å². The zero-order valence-electron chi connectivity index (χ0n) is 10.7. The summed E-state index contributed by atoms with van der Waals surface area (Å²) in [4.78, 5) is 19.1. The van der Waals surface area contributed by atoms with Crippen LogP contribution in [0.5, 0.6) is 5.88 Å². The normalized spacial score (nSPS) is 11.1. The smallest absolute Gasteiger partial charge is 0.341 e. The van der Waals surface area contributed by atoms with Crippen molar-refractivity contribution < 1.29 is 14.6 Å². The summed E-state index contributed by atoms with van der Waals surface area (Å²) in [5.74, 6) is -0.964. The second-order valence-corrected chi connectivity index (χ2v) is 4.52. The first-order valence-corrected chi connectivity index (χ1v) is 5.78. The molecule has 0 aliphatic heterocycles. The van der Waals surface area contributed by atoms with Gasteiger partial charge in [0.15, 0.2) is 0 Å². The summed E-state index contributed by atoms with van der Waals surface area (Å²) in [5, 5.41) is 9.10. The van der Waals surface area contributed by atoms with Gasteiger partial charge >= 0.3 is 5.97 Å². The van der Waals surface area contributed by atoms with E-state index in [0.717, 1.165) is 5.56 Å². The van der Waals surface area contributed by atoms with Gasteiger partial charge in [0.05, 0.1) is 0 Å². The Bertz CT molecular complexity index is 582. The number of pyridine rings is 2. The van der Waals surface area contributed by atoms with Crippen molar-refractivity contribution in [1.82, 2.24) is 9.97 Å². The van der Waals surface area contributed by atoms with Crippen molar-refractivity contribution >= 4 is 5.97 Å². The Morgan fingerprint density at radius 1 is 1.26 bits per heavy atom. The molecule has 0 atom stereocenters. The molecule has 0 aliphatic carbocycles. The van der Waals surface area contributed by atoms with Gasteiger partial charge in [-0.2, -0.15) is 0 Å². The highest BCUT2D eigenvalue weighted by Crippen LogP contribution is 2.27. The van der Waals surface area contributed by atoms with Crippen molar-refractivity contribution in [2.24, 2.45) is 0 Å². The van der Waals surface area contributed by atoms with Crippen molar-refractivity contribution in [3.8, 4) is 5.88 Å². The van der Waals surface area contributed by atoms with Crippen LogP contribution in [0.3, 0.4) is 0 Å². The Balaban J connectivity index is 2.33. The molecule has 0 saturated heterocycles. The molecule has 0 aromatic carbocycles. The van der Waals surface area contributed by atoms with Crippen molar-refractivity contribution in [2.75, 3.05) is 0 Å². The highest BCUT2D eigenvalue weighted by Gasteiger charge is 2.26. The Morgan fingerprint density at radius 2 is 2.00 bits per heavy atom. The zero-order valence-corrected chi connectivity index (χ0v) is 10.7. The molecule has 19 heavy (non-hydrogen) atoms. The maximum Gasteiger partial charge on any atom is 0.341 e. The molecule has 5 heteroatoms. The lowest BCUT2D eigenvalue weighted by atomic mass is 10.0. The topological polar surface area (TPSA) is 72.3 Å². The molecule has 0 bridgehead atoms. The van der Waals surface area contributed by atoms with Gasteiger partial charge in [-0.3, -0.25) is 4.98 Å². The van der Waals surface area contributed by atoms with Gasteiger partial charge < -0.3 is 9.84 Å². The molecule has 2 aromatic rings. The van der Waals surface area contributed by atoms with E-state index in [4.69, 9.17) is 9.84 Å². The summed E-state index contributed by atoms with van der Waals surface area (Å²) in [6, 6.07) is 6.70. The molecule has 2 aromatic heterocycles. The minimum Gasteiger partial charge on any atom is -0.477 e. The Labute approximate surface area is 110 Å². The third-order valence-electron chi connectivity index (χ3n) is 2.71. The number of carbonyl (C=O) groups is 1. The molecule has 0 unspecified atom stereocenters. The SMILES string of the molecule is CC(C)(Oc1ncccc1C(=O)O)c1cccnc1. The molecular weight excluding hydrogens is 244 g/mol. The molecule has 5 nitrogen and oxygen atoms in total. The minimum absolute atomic E-state index is 0.0412. The van der Waals surface area contributed by atoms with Crippen molar-refractivity contribution in [1.29, 1.82) is 0 Å². The number of aromatic carboxylic acids is 1. The van der Waals surface area contributed by atoms with Crippen LogP contribution < -0.4 is 4.74 Å². The van der Waals surface area contributed by atoms with Crippen LogP contribution >= 0.6 is 0 Å². The quantitative estimate of drug-likeness (QED) is 0.912. The number of nitrogens with zero attached hydrogens (tertiary/aromatic N) is 2. The number of ether oxygens (including phenoxy) is 1. The van der Waals surface area contributed by atoms with E-state index in [0.29, 0.717) is 0 Å². The highest BCUT2D eigenvalue weighted by atomic mass is 16.5. The van der Waals surface area contributed by atoms with Crippen molar-refractivity contribution in [3.63, 3.8) is 0 Å². The number of aromatic nitrogens is 2. The molecule has 1 N–H and O–H groups in total. The summed E-state index contributed by atoms with van der Waals surface area (Å²) >= 11 is 0. The number of hydrogen-bond acceptors (Lipinski definition) is 4. The van der Waals surface area contributed by atoms with E-state index in [1.54, 1.807) is 24.5 Å². The molecule has 0 radical (unpaired) electrons. The Hall–Kier alpha value is -2.43. The van der Waals surface area contributed by atoms with E-state index >= 15 is 0 Å². The van der Waals surface area contributed by atoms with Crippen LogP contribution in [0.1, 0.15) is 29.8 Å². The molecule has 0 spiro atoms. The number of hydrogen-bond donors (Lipinski definition) is 1. The average Bonchev–Trinajstić information content (AvgIpc) is 2.39. The van der Waals surface area contributed by atoms with Crippen LogP contribution in [0.15, 0.2) is 42.9 Å². The summed E-state index contributed by atoms with van der Waals surface area (Å²) in [5.41, 5.74) is 0.170. The van der Waals surface area contributed by atoms with Crippen LogP contribution in [0.4, 0.5) is 0 Å². The molecule has 0 saturated carbocycles. The van der Waals surface area contributed by atoms with E-state index in [1.165, 1.54) is 12.3 Å². The maximum atomic E-state index is 11.1. The lowest BCUT2D eigenvalue weighted by molar-refractivity contribution is 0.0665. The predicted molar refractivity (Wildman–Crippen MR) is 69.1 cm³/mol.